The number of nitrogens with zero attached hydrogens (tertiary/aromatic N) is 3. The Morgan fingerprint density at radius 2 is 2.71 bits per heavy atom. The fourth-order valence-electron chi connectivity index (χ4n) is 0.288. The first-order valence-corrected chi connectivity index (χ1v) is 2.27. The topological polar surface area (TPSA) is 37.1 Å². The van der Waals surface area contributed by atoms with Crippen LogP contribution < -0.4 is 0 Å². The van der Waals surface area contributed by atoms with Gasteiger partial charge in [-0.25, -0.2) is 4.99 Å². The second kappa shape index (κ2) is 1.88. The SMILES string of the molecule is S=CC1N=CN=N1.[H+]. The molecule has 0 saturated carbocycles. The predicted molar refractivity (Wildman–Crippen MR) is 31.9 cm³/mol. The molecule has 4 heteroatoms. The van der Waals surface area contributed by atoms with E-state index in [1.165, 1.54) is 11.7 Å². The summed E-state index contributed by atoms with van der Waals surface area (Å²) in [4.78, 5) is 3.74. The zero-order chi connectivity index (χ0) is 5.11. The lowest BCUT2D eigenvalue weighted by Gasteiger charge is -1.83. The van der Waals surface area contributed by atoms with Crippen LogP contribution in [0.25, 0.3) is 0 Å². The Morgan fingerprint density at radius 1 is 1.86 bits per heavy atom. The van der Waals surface area contributed by atoms with Crippen LogP contribution in [0.15, 0.2) is 15.2 Å². The van der Waals surface area contributed by atoms with Crippen LogP contribution in [-0.2, 0) is 0 Å². The minimum Gasteiger partial charge on any atom is -0.238 e. The molecule has 3 nitrogen and oxygen atoms in total. The first-order valence-electron chi connectivity index (χ1n) is 1.80. The van der Waals surface area contributed by atoms with Crippen molar-refractivity contribution >= 4 is 23.9 Å². The fraction of sp³-hybridized carbons (Fsp3) is 0.333. The van der Waals surface area contributed by atoms with E-state index in [4.69, 9.17) is 0 Å². The number of thiocarbonyl (C=S) groups is 1. The van der Waals surface area contributed by atoms with Gasteiger partial charge in [-0.2, -0.15) is 5.11 Å². The molecule has 1 aliphatic heterocycles. The van der Waals surface area contributed by atoms with Gasteiger partial charge in [0.05, 0.1) is 0 Å². The van der Waals surface area contributed by atoms with Gasteiger partial charge in [0.2, 0.25) is 0 Å². The van der Waals surface area contributed by atoms with Crippen molar-refractivity contribution in [3.8, 4) is 0 Å². The van der Waals surface area contributed by atoms with Crippen LogP contribution >= 0.6 is 12.2 Å². The van der Waals surface area contributed by atoms with Gasteiger partial charge in [-0.15, -0.1) is 5.11 Å². The number of hydrogen-bond acceptors (Lipinski definition) is 4. The van der Waals surface area contributed by atoms with Crippen LogP contribution in [0, 0.1) is 0 Å². The Morgan fingerprint density at radius 3 is 3.00 bits per heavy atom. The predicted octanol–water partition coefficient (Wildman–Crippen LogP) is 0.919. The van der Waals surface area contributed by atoms with E-state index in [-0.39, 0.29) is 7.59 Å². The molecule has 0 amide bonds. The third-order valence-corrected chi connectivity index (χ3v) is 0.821. The number of rotatable bonds is 1. The van der Waals surface area contributed by atoms with Gasteiger partial charge in [-0.05, 0) is 0 Å². The molecule has 36 valence electrons. The molecule has 7 heavy (non-hydrogen) atoms. The molecule has 0 saturated heterocycles. The Hall–Kier alpha value is -0.640. The highest BCUT2D eigenvalue weighted by atomic mass is 32.1. The Bertz CT molecular complexity index is 120. The van der Waals surface area contributed by atoms with Crippen molar-refractivity contribution in [2.24, 2.45) is 15.2 Å². The fourth-order valence-corrected chi connectivity index (χ4v) is 0.413. The highest BCUT2D eigenvalue weighted by Gasteiger charge is 1.98. The first-order chi connectivity index (χ1) is 3.43. The second-order valence-corrected chi connectivity index (χ2v) is 1.32. The van der Waals surface area contributed by atoms with E-state index in [0.29, 0.717) is 0 Å². The van der Waals surface area contributed by atoms with Gasteiger partial charge in [0, 0.05) is 5.37 Å². The molecule has 1 aliphatic rings. The molecule has 0 aliphatic carbocycles. The van der Waals surface area contributed by atoms with Crippen molar-refractivity contribution in [1.82, 2.24) is 0 Å². The minimum atomic E-state index is -0.185. The van der Waals surface area contributed by atoms with E-state index in [1.54, 1.807) is 0 Å². The molecular weight excluding hydrogens is 110 g/mol. The summed E-state index contributed by atoms with van der Waals surface area (Å²) in [5, 5.41) is 8.53. The average Bonchev–Trinajstić information content (AvgIpc) is 2.14. The van der Waals surface area contributed by atoms with Gasteiger partial charge in [-0.3, -0.25) is 0 Å². The smallest absolute Gasteiger partial charge is 0.238 e. The van der Waals surface area contributed by atoms with Crippen LogP contribution in [-0.4, -0.2) is 17.9 Å². The molecule has 1 rings (SSSR count). The Kier molecular flexibility index (Phi) is 1.21. The molecule has 0 radical (unpaired) electrons. The molecule has 0 spiro atoms. The summed E-state index contributed by atoms with van der Waals surface area (Å²) in [5.74, 6) is 0. The summed E-state index contributed by atoms with van der Waals surface area (Å²) in [6.07, 6.45) is 1.21. The standard InChI is InChI=1S/C3H3N3S/c7-1-3-4-2-5-6-3/h1-3H/p+1. The zero-order valence-corrected chi connectivity index (χ0v) is 4.30. The highest BCUT2D eigenvalue weighted by molar-refractivity contribution is 7.79. The van der Waals surface area contributed by atoms with Crippen LogP contribution in [0.4, 0.5) is 0 Å². The van der Waals surface area contributed by atoms with E-state index in [9.17, 15) is 0 Å². The van der Waals surface area contributed by atoms with E-state index >= 15 is 0 Å². The molecule has 0 N–H and O–H groups in total. The van der Waals surface area contributed by atoms with Crippen LogP contribution in [0.1, 0.15) is 1.43 Å². The summed E-state index contributed by atoms with van der Waals surface area (Å²) >= 11 is 4.52. The largest absolute Gasteiger partial charge is 1.00 e. The molecular formula is C3H4N3S+. The van der Waals surface area contributed by atoms with Crippen LogP contribution in [0.5, 0.6) is 0 Å². The lowest BCUT2D eigenvalue weighted by molar-refractivity contribution is 0.940. The number of hydrogen-bond donors (Lipinski definition) is 0. The maximum atomic E-state index is 4.52. The summed E-state index contributed by atoms with van der Waals surface area (Å²) in [6.45, 7) is 0. The normalized spacial score (nSPS) is 26.0. The van der Waals surface area contributed by atoms with Crippen molar-refractivity contribution in [2.75, 3.05) is 0 Å². The second-order valence-electron chi connectivity index (χ2n) is 1.05. The third kappa shape index (κ3) is 0.866. The van der Waals surface area contributed by atoms with Gasteiger partial charge in [-0.1, -0.05) is 12.2 Å². The maximum absolute atomic E-state index is 4.52. The molecule has 0 aromatic carbocycles. The van der Waals surface area contributed by atoms with E-state index in [2.05, 4.69) is 27.4 Å². The molecule has 1 heterocycles. The van der Waals surface area contributed by atoms with Crippen molar-refractivity contribution in [3.05, 3.63) is 0 Å². The van der Waals surface area contributed by atoms with Crippen LogP contribution in [0.3, 0.4) is 0 Å². The summed E-state index contributed by atoms with van der Waals surface area (Å²) in [5.41, 5.74) is 0. The molecule has 0 aromatic heterocycles. The number of azo groups is 1. The van der Waals surface area contributed by atoms with Gasteiger partial charge in [0.15, 0.2) is 6.17 Å². The lowest BCUT2D eigenvalue weighted by atomic mass is 10.6. The van der Waals surface area contributed by atoms with Gasteiger partial charge in [0.25, 0.3) is 0 Å². The maximum Gasteiger partial charge on any atom is 1.00 e. The van der Waals surface area contributed by atoms with Gasteiger partial charge in [0.1, 0.15) is 6.34 Å². The van der Waals surface area contributed by atoms with Crippen molar-refractivity contribution in [1.29, 1.82) is 0 Å². The zero-order valence-electron chi connectivity index (χ0n) is 4.48. The third-order valence-electron chi connectivity index (χ3n) is 0.578. The Labute approximate surface area is 47.6 Å². The summed E-state index contributed by atoms with van der Waals surface area (Å²) in [6, 6.07) is 0. The van der Waals surface area contributed by atoms with Crippen molar-refractivity contribution < 1.29 is 1.43 Å². The Balaban J connectivity index is 0.000000490. The van der Waals surface area contributed by atoms with E-state index in [0.717, 1.165) is 0 Å². The first kappa shape index (κ1) is 4.52. The molecule has 1 unspecified atom stereocenters. The molecule has 1 atom stereocenters. The molecule has 0 fully saturated rings. The summed E-state index contributed by atoms with van der Waals surface area (Å²) in [7, 11) is 0. The number of aliphatic imine (C=N–C) groups is 1. The monoisotopic (exact) mass is 114 g/mol. The molecule has 0 bridgehead atoms. The lowest BCUT2D eigenvalue weighted by Crippen LogP contribution is -1.93. The highest BCUT2D eigenvalue weighted by Crippen LogP contribution is 1.95. The summed E-state index contributed by atoms with van der Waals surface area (Å²) < 4.78 is 0. The van der Waals surface area contributed by atoms with Crippen molar-refractivity contribution in [2.45, 2.75) is 6.17 Å². The quantitative estimate of drug-likeness (QED) is 0.467. The van der Waals surface area contributed by atoms with Crippen LogP contribution in [0.2, 0.25) is 0 Å². The van der Waals surface area contributed by atoms with E-state index < -0.39 is 0 Å². The van der Waals surface area contributed by atoms with Crippen molar-refractivity contribution in [3.63, 3.8) is 0 Å². The molecule has 0 aromatic rings. The van der Waals surface area contributed by atoms with Gasteiger partial charge < -0.3 is 0 Å². The average molecular weight is 114 g/mol. The minimum absolute atomic E-state index is 0. The van der Waals surface area contributed by atoms with E-state index in [1.807, 2.05) is 0 Å². The van der Waals surface area contributed by atoms with Gasteiger partial charge >= 0.3 is 1.43 Å².